The fourth-order valence-electron chi connectivity index (χ4n) is 5.17. The highest BCUT2D eigenvalue weighted by atomic mass is 35.5. The number of benzene rings is 3. The van der Waals surface area contributed by atoms with E-state index in [2.05, 4.69) is 10.2 Å². The third-order valence-electron chi connectivity index (χ3n) is 7.03. The number of sulfonamides is 1. The van der Waals surface area contributed by atoms with Gasteiger partial charge in [0.05, 0.1) is 24.0 Å². The number of hydrogen-bond acceptors (Lipinski definition) is 5. The molecule has 0 aromatic heterocycles. The van der Waals surface area contributed by atoms with E-state index in [-0.39, 0.29) is 23.6 Å². The van der Waals surface area contributed by atoms with E-state index >= 15 is 0 Å². The second-order valence-electron chi connectivity index (χ2n) is 10.8. The Bertz CT molecular complexity index is 1450. The van der Waals surface area contributed by atoms with Crippen LogP contribution in [0.25, 0.3) is 0 Å². The van der Waals surface area contributed by atoms with Gasteiger partial charge in [0, 0.05) is 28.7 Å². The molecule has 3 aromatic carbocycles. The van der Waals surface area contributed by atoms with Crippen LogP contribution in [0.15, 0.2) is 72.8 Å². The maximum atomic E-state index is 13.0. The maximum Gasteiger partial charge on any atom is 0.252 e. The first-order valence-corrected chi connectivity index (χ1v) is 15.9. The van der Waals surface area contributed by atoms with Crippen LogP contribution in [0.1, 0.15) is 47.8 Å². The monoisotopic (exact) mass is 616 g/mol. The Morgan fingerprint density at radius 3 is 1.98 bits per heavy atom. The number of nitrogens with zero attached hydrogens (tertiary/aromatic N) is 2. The first-order chi connectivity index (χ1) is 19.3. The molecule has 1 fully saturated rings. The van der Waals surface area contributed by atoms with E-state index in [9.17, 15) is 18.0 Å². The van der Waals surface area contributed by atoms with Crippen LogP contribution in [0.4, 0.5) is 5.69 Å². The van der Waals surface area contributed by atoms with Crippen LogP contribution in [0.5, 0.6) is 0 Å². The summed E-state index contributed by atoms with van der Waals surface area (Å²) in [6.07, 6.45) is 1.56. The smallest absolute Gasteiger partial charge is 0.252 e. The predicted octanol–water partition coefficient (Wildman–Crippen LogP) is 4.86. The molecule has 218 valence electrons. The molecule has 1 saturated heterocycles. The minimum atomic E-state index is -3.70. The summed E-state index contributed by atoms with van der Waals surface area (Å²) >= 11 is 12.3. The van der Waals surface area contributed by atoms with E-state index in [0.717, 1.165) is 17.4 Å². The standard InChI is InChI=1S/C30H34Cl2N4O4S/c1-19(2)15-27(29(33)37)34-30(38)22-5-4-6-25(16-22)36(41(3,39)40)26-17-35(18-26)28(20-7-11-23(31)12-8-20)21-9-13-24(32)14-10-21/h4-14,16,19,26-28H,15,17-18H2,1-3H3,(H2,33,37)(H,34,38). The molecule has 0 bridgehead atoms. The number of hydrogen-bond donors (Lipinski definition) is 2. The number of primary amides is 1. The molecule has 0 spiro atoms. The van der Waals surface area contributed by atoms with Crippen LogP contribution in [0, 0.1) is 5.92 Å². The van der Waals surface area contributed by atoms with Crippen molar-refractivity contribution in [1.29, 1.82) is 0 Å². The Morgan fingerprint density at radius 2 is 1.51 bits per heavy atom. The minimum Gasteiger partial charge on any atom is -0.368 e. The minimum absolute atomic E-state index is 0.133. The molecule has 0 aliphatic carbocycles. The fourth-order valence-corrected chi connectivity index (χ4v) is 6.59. The van der Waals surface area contributed by atoms with Crippen molar-refractivity contribution in [3.05, 3.63) is 99.5 Å². The first kappa shape index (κ1) is 30.8. The summed E-state index contributed by atoms with van der Waals surface area (Å²) < 4.78 is 27.4. The Balaban J connectivity index is 1.58. The van der Waals surface area contributed by atoms with Gasteiger partial charge in [-0.1, -0.05) is 67.4 Å². The summed E-state index contributed by atoms with van der Waals surface area (Å²) in [5.41, 5.74) is 8.14. The predicted molar refractivity (Wildman–Crippen MR) is 164 cm³/mol. The second kappa shape index (κ2) is 12.8. The van der Waals surface area contributed by atoms with E-state index in [1.165, 1.54) is 10.4 Å². The molecule has 1 atom stereocenters. The lowest BCUT2D eigenvalue weighted by atomic mass is 9.93. The third-order valence-corrected chi connectivity index (χ3v) is 8.76. The number of rotatable bonds is 11. The number of anilines is 1. The molecule has 1 unspecified atom stereocenters. The van der Waals surface area contributed by atoms with Crippen LogP contribution >= 0.6 is 23.2 Å². The van der Waals surface area contributed by atoms with E-state index in [1.807, 2.05) is 62.4 Å². The van der Waals surface area contributed by atoms with Crippen LogP contribution in [0.3, 0.4) is 0 Å². The summed E-state index contributed by atoms with van der Waals surface area (Å²) in [4.78, 5) is 27.1. The zero-order valence-corrected chi connectivity index (χ0v) is 25.5. The molecule has 1 aliphatic heterocycles. The van der Waals surface area contributed by atoms with Crippen molar-refractivity contribution in [3.63, 3.8) is 0 Å². The Kier molecular flexibility index (Phi) is 9.64. The Labute approximate surface area is 251 Å². The lowest BCUT2D eigenvalue weighted by Crippen LogP contribution is -2.61. The Hall–Kier alpha value is -3.11. The molecule has 1 heterocycles. The molecule has 1 aliphatic rings. The highest BCUT2D eigenvalue weighted by Gasteiger charge is 2.41. The van der Waals surface area contributed by atoms with Crippen molar-refractivity contribution < 1.29 is 18.0 Å². The molecule has 11 heteroatoms. The lowest BCUT2D eigenvalue weighted by molar-refractivity contribution is -0.120. The zero-order chi connectivity index (χ0) is 29.9. The summed E-state index contributed by atoms with van der Waals surface area (Å²) in [5.74, 6) is -0.969. The fraction of sp³-hybridized carbons (Fsp3) is 0.333. The summed E-state index contributed by atoms with van der Waals surface area (Å²) in [6, 6.07) is 20.3. The van der Waals surface area contributed by atoms with Crippen LogP contribution in [-0.2, 0) is 14.8 Å². The van der Waals surface area contributed by atoms with Gasteiger partial charge in [-0.3, -0.25) is 18.8 Å². The van der Waals surface area contributed by atoms with Crippen molar-refractivity contribution >= 4 is 50.7 Å². The van der Waals surface area contributed by atoms with Crippen molar-refractivity contribution in [2.75, 3.05) is 23.7 Å². The average molecular weight is 618 g/mol. The largest absolute Gasteiger partial charge is 0.368 e. The van der Waals surface area contributed by atoms with Crippen molar-refractivity contribution in [2.45, 2.75) is 38.4 Å². The van der Waals surface area contributed by atoms with Gasteiger partial charge < -0.3 is 11.1 Å². The van der Waals surface area contributed by atoms with Crippen molar-refractivity contribution in [2.24, 2.45) is 11.7 Å². The van der Waals surface area contributed by atoms with E-state index in [0.29, 0.717) is 35.2 Å². The van der Waals surface area contributed by atoms with Gasteiger partial charge in [-0.05, 0) is 65.9 Å². The highest BCUT2D eigenvalue weighted by Crippen LogP contribution is 2.36. The number of nitrogens with one attached hydrogen (secondary N) is 1. The molecular formula is C30H34Cl2N4O4S. The average Bonchev–Trinajstić information content (AvgIpc) is 2.88. The summed E-state index contributed by atoms with van der Waals surface area (Å²) in [5, 5.41) is 3.94. The third kappa shape index (κ3) is 7.60. The normalized spacial score (nSPS) is 15.0. The topological polar surface area (TPSA) is 113 Å². The summed E-state index contributed by atoms with van der Waals surface area (Å²) in [7, 11) is -3.70. The summed E-state index contributed by atoms with van der Waals surface area (Å²) in [6.45, 7) is 4.77. The quantitative estimate of drug-likeness (QED) is 0.319. The Morgan fingerprint density at radius 1 is 0.976 bits per heavy atom. The molecule has 0 saturated carbocycles. The number of nitrogens with two attached hydrogens (primary N) is 1. The number of halogens is 2. The molecular weight excluding hydrogens is 583 g/mol. The number of amides is 2. The number of likely N-dealkylation sites (tertiary alicyclic amines) is 1. The lowest BCUT2D eigenvalue weighted by Gasteiger charge is -2.48. The SMILES string of the molecule is CC(C)CC(NC(=O)c1cccc(N(C2CN(C(c3ccc(Cl)cc3)c3ccc(Cl)cc3)C2)S(C)(=O)=O)c1)C(N)=O. The molecule has 4 rings (SSSR count). The van der Waals surface area contributed by atoms with Crippen molar-refractivity contribution in [1.82, 2.24) is 10.2 Å². The molecule has 3 aromatic rings. The molecule has 0 radical (unpaired) electrons. The number of carbonyl (C=O) groups is 2. The van der Waals surface area contributed by atoms with Gasteiger partial charge in [0.1, 0.15) is 6.04 Å². The molecule has 2 amide bonds. The van der Waals surface area contributed by atoms with Gasteiger partial charge in [-0.15, -0.1) is 0 Å². The maximum absolute atomic E-state index is 13.0. The zero-order valence-electron chi connectivity index (χ0n) is 23.1. The van der Waals surface area contributed by atoms with Gasteiger partial charge in [-0.25, -0.2) is 8.42 Å². The van der Waals surface area contributed by atoms with Crippen LogP contribution in [0.2, 0.25) is 10.0 Å². The van der Waals surface area contributed by atoms with Gasteiger partial charge in [0.15, 0.2) is 0 Å². The van der Waals surface area contributed by atoms with Gasteiger partial charge in [0.2, 0.25) is 15.9 Å². The van der Waals surface area contributed by atoms with E-state index in [4.69, 9.17) is 28.9 Å². The van der Waals surface area contributed by atoms with Gasteiger partial charge in [-0.2, -0.15) is 0 Å². The van der Waals surface area contributed by atoms with Crippen LogP contribution in [-0.4, -0.2) is 56.6 Å². The van der Waals surface area contributed by atoms with Crippen molar-refractivity contribution in [3.8, 4) is 0 Å². The van der Waals surface area contributed by atoms with Gasteiger partial charge in [0.25, 0.3) is 5.91 Å². The van der Waals surface area contributed by atoms with Crippen LogP contribution < -0.4 is 15.4 Å². The van der Waals surface area contributed by atoms with Gasteiger partial charge >= 0.3 is 0 Å². The second-order valence-corrected chi connectivity index (χ2v) is 13.5. The molecule has 3 N–H and O–H groups in total. The first-order valence-electron chi connectivity index (χ1n) is 13.3. The number of carbonyl (C=O) groups excluding carboxylic acids is 2. The molecule has 8 nitrogen and oxygen atoms in total. The van der Waals surface area contributed by atoms with E-state index < -0.39 is 27.9 Å². The van der Waals surface area contributed by atoms with E-state index in [1.54, 1.807) is 18.2 Å². The molecule has 41 heavy (non-hydrogen) atoms. The highest BCUT2D eigenvalue weighted by molar-refractivity contribution is 7.92.